The molecule has 102 valence electrons. The molecule has 1 aliphatic rings. The average Bonchev–Trinajstić information content (AvgIpc) is 2.48. The van der Waals surface area contributed by atoms with Crippen molar-refractivity contribution in [3.05, 3.63) is 65.7 Å². The number of rotatable bonds is 2. The third-order valence-corrected chi connectivity index (χ3v) is 4.04. The van der Waals surface area contributed by atoms with Crippen molar-refractivity contribution in [3.63, 3.8) is 0 Å². The lowest BCUT2D eigenvalue weighted by Crippen LogP contribution is -2.47. The molecular formula is C17H17NO2. The molecule has 0 unspecified atom stereocenters. The number of Topliss-reactive ketones (excluding diaryl/α,β-unsaturated/α-hetero) is 1. The van der Waals surface area contributed by atoms with E-state index in [2.05, 4.69) is 5.32 Å². The van der Waals surface area contributed by atoms with E-state index in [0.29, 0.717) is 6.54 Å². The number of hydrogen-bond donors (Lipinski definition) is 2. The van der Waals surface area contributed by atoms with Gasteiger partial charge in [-0.25, -0.2) is 0 Å². The molecule has 0 spiro atoms. The van der Waals surface area contributed by atoms with E-state index >= 15 is 0 Å². The molecule has 0 aliphatic carbocycles. The van der Waals surface area contributed by atoms with Crippen LogP contribution < -0.4 is 5.32 Å². The fourth-order valence-corrected chi connectivity index (χ4v) is 3.00. The number of carbonyl (C=O) groups is 1. The van der Waals surface area contributed by atoms with Gasteiger partial charge < -0.3 is 10.4 Å². The summed E-state index contributed by atoms with van der Waals surface area (Å²) in [6, 6.07) is 17.0. The first kappa shape index (κ1) is 12.9. The van der Waals surface area contributed by atoms with Gasteiger partial charge in [0.05, 0.1) is 5.92 Å². The van der Waals surface area contributed by atoms with Gasteiger partial charge in [0.1, 0.15) is 11.4 Å². The summed E-state index contributed by atoms with van der Waals surface area (Å²) in [5.74, 6) is -0.502. The zero-order valence-corrected chi connectivity index (χ0v) is 11.3. The maximum Gasteiger partial charge on any atom is 0.138 e. The first-order valence-electron chi connectivity index (χ1n) is 6.75. The summed E-state index contributed by atoms with van der Waals surface area (Å²) in [4.78, 5) is 12.0. The highest BCUT2D eigenvalue weighted by Gasteiger charge is 2.46. The zero-order valence-electron chi connectivity index (χ0n) is 11.3. The number of para-hydroxylation sites is 1. The highest BCUT2D eigenvalue weighted by Crippen LogP contribution is 2.43. The summed E-state index contributed by atoms with van der Waals surface area (Å²) < 4.78 is 0. The average molecular weight is 267 g/mol. The Morgan fingerprint density at radius 2 is 1.80 bits per heavy atom. The Bertz CT molecular complexity index is 638. The third kappa shape index (κ3) is 1.82. The van der Waals surface area contributed by atoms with Crippen LogP contribution in [0.2, 0.25) is 0 Å². The normalized spacial score (nSPS) is 24.6. The van der Waals surface area contributed by atoms with Gasteiger partial charge in [0.2, 0.25) is 0 Å². The van der Waals surface area contributed by atoms with Crippen LogP contribution in [0.15, 0.2) is 54.6 Å². The second-order valence-electron chi connectivity index (χ2n) is 5.22. The number of fused-ring (bicyclic) bond motifs is 1. The fraction of sp³-hybridized carbons (Fsp3) is 0.235. The Morgan fingerprint density at radius 3 is 2.50 bits per heavy atom. The molecule has 0 fully saturated rings. The van der Waals surface area contributed by atoms with Gasteiger partial charge in [0.15, 0.2) is 0 Å². The quantitative estimate of drug-likeness (QED) is 0.879. The fourth-order valence-electron chi connectivity index (χ4n) is 3.00. The molecule has 0 bridgehead atoms. The van der Waals surface area contributed by atoms with Gasteiger partial charge in [-0.15, -0.1) is 0 Å². The van der Waals surface area contributed by atoms with Gasteiger partial charge in [0.25, 0.3) is 0 Å². The van der Waals surface area contributed by atoms with E-state index in [9.17, 15) is 9.90 Å². The molecule has 0 saturated carbocycles. The van der Waals surface area contributed by atoms with E-state index in [-0.39, 0.29) is 5.78 Å². The SMILES string of the molecule is CC(=O)[C@H]1CNc2ccccc2[C@]1(O)c1ccccc1. The molecule has 1 aliphatic heterocycles. The summed E-state index contributed by atoms with van der Waals surface area (Å²) in [7, 11) is 0. The van der Waals surface area contributed by atoms with Gasteiger partial charge >= 0.3 is 0 Å². The van der Waals surface area contributed by atoms with Crippen molar-refractivity contribution in [2.24, 2.45) is 5.92 Å². The van der Waals surface area contributed by atoms with Crippen LogP contribution >= 0.6 is 0 Å². The van der Waals surface area contributed by atoms with E-state index in [1.54, 1.807) is 0 Å². The van der Waals surface area contributed by atoms with Crippen molar-refractivity contribution in [1.29, 1.82) is 0 Å². The number of nitrogens with one attached hydrogen (secondary N) is 1. The van der Waals surface area contributed by atoms with Crippen molar-refractivity contribution in [2.45, 2.75) is 12.5 Å². The lowest BCUT2D eigenvalue weighted by atomic mass is 9.72. The van der Waals surface area contributed by atoms with Crippen molar-refractivity contribution in [2.75, 3.05) is 11.9 Å². The first-order chi connectivity index (χ1) is 9.64. The Kier molecular flexibility index (Phi) is 3.07. The number of aliphatic hydroxyl groups is 1. The highest BCUT2D eigenvalue weighted by atomic mass is 16.3. The Balaban J connectivity index is 2.24. The molecule has 3 heteroatoms. The van der Waals surface area contributed by atoms with E-state index in [1.807, 2.05) is 54.6 Å². The van der Waals surface area contributed by atoms with Crippen molar-refractivity contribution in [1.82, 2.24) is 0 Å². The molecule has 20 heavy (non-hydrogen) atoms. The van der Waals surface area contributed by atoms with Crippen molar-refractivity contribution >= 4 is 11.5 Å². The monoisotopic (exact) mass is 267 g/mol. The van der Waals surface area contributed by atoms with Crippen LogP contribution in [0, 0.1) is 5.92 Å². The van der Waals surface area contributed by atoms with E-state index in [0.717, 1.165) is 16.8 Å². The lowest BCUT2D eigenvalue weighted by molar-refractivity contribution is -0.127. The predicted molar refractivity (Wildman–Crippen MR) is 78.5 cm³/mol. The molecule has 2 aromatic carbocycles. The number of anilines is 1. The number of ketones is 1. The molecule has 2 aromatic rings. The smallest absolute Gasteiger partial charge is 0.138 e. The molecule has 0 saturated heterocycles. The van der Waals surface area contributed by atoms with Crippen LogP contribution in [0.1, 0.15) is 18.1 Å². The van der Waals surface area contributed by atoms with Crippen molar-refractivity contribution in [3.8, 4) is 0 Å². The number of hydrogen-bond acceptors (Lipinski definition) is 3. The molecule has 3 nitrogen and oxygen atoms in total. The second kappa shape index (κ2) is 4.76. The first-order valence-corrected chi connectivity index (χ1v) is 6.75. The molecule has 0 radical (unpaired) electrons. The zero-order chi connectivity index (χ0) is 14.2. The van der Waals surface area contributed by atoms with Gasteiger partial charge in [-0.3, -0.25) is 4.79 Å². The van der Waals surface area contributed by atoms with E-state index in [1.165, 1.54) is 6.92 Å². The van der Waals surface area contributed by atoms with E-state index in [4.69, 9.17) is 0 Å². The summed E-state index contributed by atoms with van der Waals surface area (Å²) in [6.07, 6.45) is 0. The lowest BCUT2D eigenvalue weighted by Gasteiger charge is -2.41. The molecule has 2 atom stereocenters. The topological polar surface area (TPSA) is 49.3 Å². The minimum atomic E-state index is -1.27. The maximum atomic E-state index is 12.0. The van der Waals surface area contributed by atoms with Crippen LogP contribution in [-0.4, -0.2) is 17.4 Å². The number of benzene rings is 2. The minimum absolute atomic E-state index is 0.0154. The summed E-state index contributed by atoms with van der Waals surface area (Å²) in [6.45, 7) is 1.98. The summed E-state index contributed by atoms with van der Waals surface area (Å²) in [5.41, 5.74) is 1.14. The molecule has 2 N–H and O–H groups in total. The van der Waals surface area contributed by atoms with Gasteiger partial charge in [-0.05, 0) is 18.6 Å². The maximum absolute atomic E-state index is 12.0. The predicted octanol–water partition coefficient (Wildman–Crippen LogP) is 2.55. The second-order valence-corrected chi connectivity index (χ2v) is 5.22. The van der Waals surface area contributed by atoms with E-state index < -0.39 is 11.5 Å². The molecular weight excluding hydrogens is 250 g/mol. The van der Waals surface area contributed by atoms with Gasteiger partial charge in [-0.1, -0.05) is 48.5 Å². The Morgan fingerprint density at radius 1 is 1.15 bits per heavy atom. The van der Waals surface area contributed by atoms with Crippen LogP contribution in [-0.2, 0) is 10.4 Å². The van der Waals surface area contributed by atoms with Crippen LogP contribution in [0.3, 0.4) is 0 Å². The molecule has 0 amide bonds. The summed E-state index contributed by atoms with van der Waals surface area (Å²) >= 11 is 0. The van der Waals surface area contributed by atoms with Crippen LogP contribution in [0.5, 0.6) is 0 Å². The highest BCUT2D eigenvalue weighted by molar-refractivity contribution is 5.83. The molecule has 3 rings (SSSR count). The Hall–Kier alpha value is -2.13. The van der Waals surface area contributed by atoms with Crippen LogP contribution in [0.4, 0.5) is 5.69 Å². The largest absolute Gasteiger partial charge is 0.384 e. The van der Waals surface area contributed by atoms with Gasteiger partial charge in [-0.2, -0.15) is 0 Å². The number of carbonyl (C=O) groups excluding carboxylic acids is 1. The third-order valence-electron chi connectivity index (χ3n) is 4.04. The standard InChI is InChI=1S/C17H17NO2/c1-12(19)15-11-18-16-10-6-5-9-14(16)17(15,20)13-7-3-2-4-8-13/h2-10,15,18,20H,11H2,1H3/t15-,17-/m1/s1. The molecule has 1 heterocycles. The van der Waals surface area contributed by atoms with Crippen LogP contribution in [0.25, 0.3) is 0 Å². The van der Waals surface area contributed by atoms with Crippen molar-refractivity contribution < 1.29 is 9.90 Å². The minimum Gasteiger partial charge on any atom is -0.384 e. The van der Waals surface area contributed by atoms with Gasteiger partial charge in [0, 0.05) is 17.8 Å². The molecule has 0 aromatic heterocycles. The Labute approximate surface area is 118 Å². The summed E-state index contributed by atoms with van der Waals surface area (Å²) in [5, 5.41) is 14.6.